The SMILES string of the molecule is CC.COc1ncc(-c2nc(N3CCOCC3)nc3c(Br)c(C)sc23)cc1NS(C)(=O)=O. The van der Waals surface area contributed by atoms with Crippen molar-refractivity contribution in [3.05, 3.63) is 21.6 Å². The van der Waals surface area contributed by atoms with Gasteiger partial charge in [0, 0.05) is 29.7 Å². The molecule has 1 aliphatic rings. The number of aromatic nitrogens is 3. The molecule has 0 atom stereocenters. The summed E-state index contributed by atoms with van der Waals surface area (Å²) in [6.45, 7) is 8.65. The molecule has 174 valence electrons. The van der Waals surface area contributed by atoms with Gasteiger partial charge in [0.05, 0.1) is 41.4 Å². The number of hydrogen-bond donors (Lipinski definition) is 1. The van der Waals surface area contributed by atoms with Gasteiger partial charge in [-0.15, -0.1) is 11.3 Å². The molecule has 12 heteroatoms. The molecule has 0 aromatic carbocycles. The van der Waals surface area contributed by atoms with Crippen molar-refractivity contribution in [2.75, 3.05) is 49.3 Å². The summed E-state index contributed by atoms with van der Waals surface area (Å²) < 4.78 is 38.5. The minimum absolute atomic E-state index is 0.186. The van der Waals surface area contributed by atoms with Crippen LogP contribution in [-0.4, -0.2) is 63.0 Å². The summed E-state index contributed by atoms with van der Waals surface area (Å²) in [5.41, 5.74) is 2.42. The quantitative estimate of drug-likeness (QED) is 0.513. The first-order valence-corrected chi connectivity index (χ1v) is 13.6. The van der Waals surface area contributed by atoms with Gasteiger partial charge in [-0.3, -0.25) is 4.72 Å². The summed E-state index contributed by atoms with van der Waals surface area (Å²) in [5, 5.41) is 0. The summed E-state index contributed by atoms with van der Waals surface area (Å²) in [7, 11) is -2.07. The number of nitrogens with one attached hydrogen (secondary N) is 1. The standard InChI is InChI=1S/C18H20BrN5O4S2.C2H6/c1-10-13(19)15-16(29-10)14(21-18(22-15)24-4-6-28-7-5-24)11-8-12(23-30(3,25)26)17(27-2)20-9-11;1-2/h8-9,23H,4-7H2,1-3H3;1-2H3. The van der Waals surface area contributed by atoms with E-state index in [9.17, 15) is 8.42 Å². The van der Waals surface area contributed by atoms with Crippen LogP contribution in [0.3, 0.4) is 0 Å². The number of aryl methyl sites for hydroxylation is 1. The number of halogens is 1. The number of morpholine rings is 1. The molecular formula is C20H26BrN5O4S2. The van der Waals surface area contributed by atoms with Gasteiger partial charge in [0.25, 0.3) is 0 Å². The van der Waals surface area contributed by atoms with E-state index in [4.69, 9.17) is 19.4 Å². The van der Waals surface area contributed by atoms with Crippen LogP contribution in [0.1, 0.15) is 18.7 Å². The van der Waals surface area contributed by atoms with Crippen molar-refractivity contribution in [3.63, 3.8) is 0 Å². The lowest BCUT2D eigenvalue weighted by atomic mass is 10.1. The van der Waals surface area contributed by atoms with E-state index in [-0.39, 0.29) is 11.6 Å². The lowest BCUT2D eigenvalue weighted by Gasteiger charge is -2.27. The van der Waals surface area contributed by atoms with Crippen LogP contribution in [0.4, 0.5) is 11.6 Å². The van der Waals surface area contributed by atoms with E-state index >= 15 is 0 Å². The molecule has 32 heavy (non-hydrogen) atoms. The largest absolute Gasteiger partial charge is 0.480 e. The Labute approximate surface area is 200 Å². The van der Waals surface area contributed by atoms with Crippen molar-refractivity contribution in [3.8, 4) is 17.1 Å². The lowest BCUT2D eigenvalue weighted by molar-refractivity contribution is 0.122. The first-order valence-electron chi connectivity index (χ1n) is 10.1. The highest BCUT2D eigenvalue weighted by molar-refractivity contribution is 9.10. The Morgan fingerprint density at radius 2 is 1.94 bits per heavy atom. The van der Waals surface area contributed by atoms with E-state index in [1.807, 2.05) is 20.8 Å². The molecule has 0 radical (unpaired) electrons. The molecule has 9 nitrogen and oxygen atoms in total. The molecule has 1 N–H and O–H groups in total. The van der Waals surface area contributed by atoms with Crippen molar-refractivity contribution in [2.24, 2.45) is 0 Å². The Morgan fingerprint density at radius 3 is 2.56 bits per heavy atom. The molecule has 4 rings (SSSR count). The van der Waals surface area contributed by atoms with Gasteiger partial charge in [-0.1, -0.05) is 13.8 Å². The van der Waals surface area contributed by atoms with Crippen LogP contribution in [0.5, 0.6) is 5.88 Å². The van der Waals surface area contributed by atoms with Crippen molar-refractivity contribution in [1.82, 2.24) is 15.0 Å². The smallest absolute Gasteiger partial charge is 0.238 e. The van der Waals surface area contributed by atoms with Crippen LogP contribution < -0.4 is 14.4 Å². The third-order valence-corrected chi connectivity index (χ3v) is 7.46. The van der Waals surface area contributed by atoms with E-state index in [0.717, 1.165) is 25.8 Å². The molecule has 0 amide bonds. The third kappa shape index (κ3) is 5.30. The third-order valence-electron chi connectivity index (χ3n) is 4.53. The van der Waals surface area contributed by atoms with Gasteiger partial charge in [0.15, 0.2) is 0 Å². The molecule has 1 fully saturated rings. The molecule has 1 aliphatic heterocycles. The highest BCUT2D eigenvalue weighted by Gasteiger charge is 2.22. The van der Waals surface area contributed by atoms with Gasteiger partial charge in [-0.25, -0.2) is 23.4 Å². The molecule has 3 aromatic heterocycles. The summed E-state index contributed by atoms with van der Waals surface area (Å²) >= 11 is 5.21. The molecule has 0 aliphatic carbocycles. The molecule has 0 saturated carbocycles. The number of nitrogens with zero attached hydrogens (tertiary/aromatic N) is 4. The zero-order valence-electron chi connectivity index (χ0n) is 18.6. The molecule has 0 bridgehead atoms. The fourth-order valence-electron chi connectivity index (χ4n) is 3.17. The van der Waals surface area contributed by atoms with Gasteiger partial charge >= 0.3 is 0 Å². The zero-order valence-corrected chi connectivity index (χ0v) is 21.8. The average molecular weight is 544 g/mol. The fraction of sp³-hybridized carbons (Fsp3) is 0.450. The predicted octanol–water partition coefficient (Wildman–Crippen LogP) is 4.07. The Hall–Kier alpha value is -2.02. The number of hydrogen-bond acceptors (Lipinski definition) is 9. The predicted molar refractivity (Wildman–Crippen MR) is 132 cm³/mol. The van der Waals surface area contributed by atoms with Crippen LogP contribution in [0, 0.1) is 6.92 Å². The summed E-state index contributed by atoms with van der Waals surface area (Å²) in [5.74, 6) is 0.791. The van der Waals surface area contributed by atoms with Crippen LogP contribution in [0.15, 0.2) is 16.7 Å². The maximum atomic E-state index is 11.8. The molecule has 4 heterocycles. The van der Waals surface area contributed by atoms with Crippen LogP contribution in [0.2, 0.25) is 0 Å². The van der Waals surface area contributed by atoms with Gasteiger partial charge < -0.3 is 14.4 Å². The normalized spacial score (nSPS) is 14.1. The highest BCUT2D eigenvalue weighted by atomic mass is 79.9. The van der Waals surface area contributed by atoms with E-state index in [0.29, 0.717) is 43.5 Å². The number of thiophene rings is 1. The molecule has 1 saturated heterocycles. The van der Waals surface area contributed by atoms with Crippen molar-refractivity contribution in [1.29, 1.82) is 0 Å². The maximum absolute atomic E-state index is 11.8. The van der Waals surface area contributed by atoms with E-state index in [1.54, 1.807) is 23.6 Å². The average Bonchev–Trinajstić information content (AvgIpc) is 3.07. The number of ether oxygens (including phenoxy) is 2. The van der Waals surface area contributed by atoms with Crippen molar-refractivity contribution in [2.45, 2.75) is 20.8 Å². The number of methoxy groups -OCH3 is 1. The highest BCUT2D eigenvalue weighted by Crippen LogP contribution is 2.41. The maximum Gasteiger partial charge on any atom is 0.238 e. The van der Waals surface area contributed by atoms with Crippen LogP contribution >= 0.6 is 27.3 Å². The minimum Gasteiger partial charge on any atom is -0.480 e. The van der Waals surface area contributed by atoms with E-state index in [1.165, 1.54) is 7.11 Å². The number of rotatable bonds is 5. The van der Waals surface area contributed by atoms with Crippen molar-refractivity contribution < 1.29 is 17.9 Å². The van der Waals surface area contributed by atoms with Gasteiger partial charge in [-0.05, 0) is 28.9 Å². The van der Waals surface area contributed by atoms with Crippen LogP contribution in [0.25, 0.3) is 21.5 Å². The number of anilines is 2. The van der Waals surface area contributed by atoms with Crippen molar-refractivity contribution >= 4 is 59.1 Å². The Bertz CT molecular complexity index is 1210. The first kappa shape index (κ1) is 24.6. The monoisotopic (exact) mass is 543 g/mol. The van der Waals surface area contributed by atoms with E-state index in [2.05, 4.69) is 30.5 Å². The minimum atomic E-state index is -3.51. The molecule has 0 spiro atoms. The topological polar surface area (TPSA) is 107 Å². The van der Waals surface area contributed by atoms with Gasteiger partial charge in [0.1, 0.15) is 11.2 Å². The van der Waals surface area contributed by atoms with Gasteiger partial charge in [-0.2, -0.15) is 0 Å². The Kier molecular flexibility index (Phi) is 7.91. The molecular weight excluding hydrogens is 518 g/mol. The number of fused-ring (bicyclic) bond motifs is 1. The molecule has 0 unspecified atom stereocenters. The lowest BCUT2D eigenvalue weighted by Crippen LogP contribution is -2.37. The van der Waals surface area contributed by atoms with Crippen LogP contribution in [-0.2, 0) is 14.8 Å². The second kappa shape index (κ2) is 10.3. The van der Waals surface area contributed by atoms with E-state index < -0.39 is 10.0 Å². The molecule has 3 aromatic rings. The summed E-state index contributed by atoms with van der Waals surface area (Å²) in [6, 6.07) is 1.68. The summed E-state index contributed by atoms with van der Waals surface area (Å²) in [6.07, 6.45) is 2.71. The van der Waals surface area contributed by atoms with Gasteiger partial charge in [0.2, 0.25) is 21.9 Å². The first-order chi connectivity index (χ1) is 15.3. The Balaban J connectivity index is 0.00000141. The number of sulfonamides is 1. The summed E-state index contributed by atoms with van der Waals surface area (Å²) in [4.78, 5) is 17.1. The second-order valence-electron chi connectivity index (χ2n) is 6.78. The second-order valence-corrected chi connectivity index (χ2v) is 10.5. The fourth-order valence-corrected chi connectivity index (χ4v) is 5.37. The Morgan fingerprint density at radius 1 is 1.25 bits per heavy atom. The number of pyridine rings is 1. The zero-order chi connectivity index (χ0) is 23.5.